The van der Waals surface area contributed by atoms with Crippen molar-refractivity contribution in [1.29, 1.82) is 0 Å². The molecule has 6 heteroatoms. The minimum Gasteiger partial charge on any atom is -0.293 e. The largest absolute Gasteiger partial charge is 0.293 e. The van der Waals surface area contributed by atoms with Crippen molar-refractivity contribution < 1.29 is 13.2 Å². The average molecular weight is 329 g/mol. The van der Waals surface area contributed by atoms with E-state index < -0.39 is 11.7 Å². The van der Waals surface area contributed by atoms with Gasteiger partial charge in [0.25, 0.3) is 5.92 Å². The molecule has 0 atom stereocenters. The SMILES string of the molecule is Fc1cc(Br)c(Cl)cc1CN1CCC(F)(F)C1. The summed E-state index contributed by atoms with van der Waals surface area (Å²) in [6.45, 7) is 0.120. The highest BCUT2D eigenvalue weighted by molar-refractivity contribution is 9.10. The van der Waals surface area contributed by atoms with Crippen molar-refractivity contribution in [3.63, 3.8) is 0 Å². The van der Waals surface area contributed by atoms with Crippen LogP contribution in [0.2, 0.25) is 5.02 Å². The first-order valence-electron chi connectivity index (χ1n) is 5.11. The lowest BCUT2D eigenvalue weighted by Gasteiger charge is -2.16. The van der Waals surface area contributed by atoms with Crippen LogP contribution < -0.4 is 0 Å². The van der Waals surface area contributed by atoms with Gasteiger partial charge < -0.3 is 0 Å². The van der Waals surface area contributed by atoms with Crippen molar-refractivity contribution >= 4 is 27.5 Å². The zero-order chi connectivity index (χ0) is 12.6. The fraction of sp³-hybridized carbons (Fsp3) is 0.455. The van der Waals surface area contributed by atoms with Crippen molar-refractivity contribution in [2.45, 2.75) is 18.9 Å². The Morgan fingerprint density at radius 1 is 1.41 bits per heavy atom. The van der Waals surface area contributed by atoms with Gasteiger partial charge in [0, 0.05) is 29.5 Å². The Balaban J connectivity index is 2.12. The van der Waals surface area contributed by atoms with Gasteiger partial charge in [-0.3, -0.25) is 4.90 Å². The molecule has 0 unspecified atom stereocenters. The van der Waals surface area contributed by atoms with E-state index in [1.807, 2.05) is 0 Å². The minimum absolute atomic E-state index is 0.161. The van der Waals surface area contributed by atoms with Crippen LogP contribution in [0.5, 0.6) is 0 Å². The van der Waals surface area contributed by atoms with Gasteiger partial charge in [0.1, 0.15) is 5.82 Å². The summed E-state index contributed by atoms with van der Waals surface area (Å²) in [7, 11) is 0. The van der Waals surface area contributed by atoms with Crippen molar-refractivity contribution in [3.8, 4) is 0 Å². The molecule has 0 aromatic heterocycles. The quantitative estimate of drug-likeness (QED) is 0.739. The molecule has 94 valence electrons. The van der Waals surface area contributed by atoms with Crippen LogP contribution in [0.25, 0.3) is 0 Å². The van der Waals surface area contributed by atoms with Gasteiger partial charge in [-0.2, -0.15) is 0 Å². The van der Waals surface area contributed by atoms with Crippen LogP contribution in [0.4, 0.5) is 13.2 Å². The van der Waals surface area contributed by atoms with Crippen LogP contribution >= 0.6 is 27.5 Å². The predicted octanol–water partition coefficient (Wildman–Crippen LogP) is 4.08. The lowest BCUT2D eigenvalue weighted by atomic mass is 10.2. The van der Waals surface area contributed by atoms with Crippen LogP contribution in [-0.4, -0.2) is 23.9 Å². The molecular weight excluding hydrogens is 318 g/mol. The number of halogens is 5. The van der Waals surface area contributed by atoms with Crippen LogP contribution in [0.3, 0.4) is 0 Å². The third-order valence-corrected chi connectivity index (χ3v) is 3.93. The number of nitrogens with zero attached hydrogens (tertiary/aromatic N) is 1. The first-order valence-corrected chi connectivity index (χ1v) is 6.28. The van der Waals surface area contributed by atoms with E-state index in [0.29, 0.717) is 15.1 Å². The summed E-state index contributed by atoms with van der Waals surface area (Å²) in [5.74, 6) is -3.09. The number of hydrogen-bond donors (Lipinski definition) is 0. The molecule has 1 nitrogen and oxygen atoms in total. The molecule has 0 radical (unpaired) electrons. The number of hydrogen-bond acceptors (Lipinski definition) is 1. The zero-order valence-corrected chi connectivity index (χ0v) is 11.2. The first-order chi connectivity index (χ1) is 7.87. The zero-order valence-electron chi connectivity index (χ0n) is 8.82. The van der Waals surface area contributed by atoms with E-state index in [1.165, 1.54) is 17.0 Å². The summed E-state index contributed by atoms with van der Waals surface area (Å²) in [5.41, 5.74) is 0.343. The van der Waals surface area contributed by atoms with Crippen molar-refractivity contribution in [2.24, 2.45) is 0 Å². The van der Waals surface area contributed by atoms with Gasteiger partial charge in [0.2, 0.25) is 0 Å². The van der Waals surface area contributed by atoms with Gasteiger partial charge in [-0.1, -0.05) is 11.6 Å². The third-order valence-electron chi connectivity index (χ3n) is 2.73. The lowest BCUT2D eigenvalue weighted by Crippen LogP contribution is -2.25. The van der Waals surface area contributed by atoms with Crippen LogP contribution in [0, 0.1) is 5.82 Å². The maximum atomic E-state index is 13.6. The molecule has 0 spiro atoms. The standard InChI is InChI=1S/C11H10BrClF3N/c12-8-4-10(14)7(3-9(8)13)5-17-2-1-11(15,16)6-17/h3-4H,1-2,5-6H2. The second-order valence-corrected chi connectivity index (χ2v) is 5.44. The molecule has 0 saturated carbocycles. The Bertz CT molecular complexity index is 439. The molecule has 1 aliphatic rings. The van der Waals surface area contributed by atoms with Gasteiger partial charge in [-0.15, -0.1) is 0 Å². The van der Waals surface area contributed by atoms with Gasteiger partial charge in [-0.25, -0.2) is 13.2 Å². The molecule has 1 saturated heterocycles. The van der Waals surface area contributed by atoms with Crippen molar-refractivity contribution in [1.82, 2.24) is 4.90 Å². The van der Waals surface area contributed by atoms with E-state index in [2.05, 4.69) is 15.9 Å². The Labute approximate surface area is 111 Å². The molecule has 1 aliphatic heterocycles. The topological polar surface area (TPSA) is 3.24 Å². The van der Waals surface area contributed by atoms with Crippen LogP contribution in [-0.2, 0) is 6.54 Å². The van der Waals surface area contributed by atoms with Crippen LogP contribution in [0.1, 0.15) is 12.0 Å². The summed E-state index contributed by atoms with van der Waals surface area (Å²) in [4.78, 5) is 1.53. The summed E-state index contributed by atoms with van der Waals surface area (Å²) in [6.07, 6.45) is -0.168. The van der Waals surface area contributed by atoms with Crippen LogP contribution in [0.15, 0.2) is 16.6 Å². The van der Waals surface area contributed by atoms with Gasteiger partial charge in [-0.05, 0) is 28.1 Å². The molecule has 0 N–H and O–H groups in total. The first kappa shape index (κ1) is 13.2. The fourth-order valence-electron chi connectivity index (χ4n) is 1.87. The molecule has 1 aromatic rings. The molecule has 1 fully saturated rings. The van der Waals surface area contributed by atoms with Gasteiger partial charge in [0.05, 0.1) is 11.6 Å². The highest BCUT2D eigenvalue weighted by Gasteiger charge is 2.38. The molecule has 0 aliphatic carbocycles. The maximum absolute atomic E-state index is 13.6. The number of rotatable bonds is 2. The molecule has 0 bridgehead atoms. The molecular formula is C11H10BrClF3N. The molecule has 1 aromatic carbocycles. The maximum Gasteiger partial charge on any atom is 0.261 e. The predicted molar refractivity (Wildman–Crippen MR) is 64.0 cm³/mol. The smallest absolute Gasteiger partial charge is 0.261 e. The highest BCUT2D eigenvalue weighted by Crippen LogP contribution is 2.30. The van der Waals surface area contributed by atoms with E-state index in [0.717, 1.165) is 0 Å². The Hall–Kier alpha value is -0.260. The third kappa shape index (κ3) is 3.14. The number of alkyl halides is 2. The number of benzene rings is 1. The van der Waals surface area contributed by atoms with E-state index in [-0.39, 0.29) is 26.1 Å². The van der Waals surface area contributed by atoms with E-state index in [9.17, 15) is 13.2 Å². The molecule has 2 rings (SSSR count). The van der Waals surface area contributed by atoms with Crippen molar-refractivity contribution in [3.05, 3.63) is 33.0 Å². The Morgan fingerprint density at radius 2 is 2.12 bits per heavy atom. The Morgan fingerprint density at radius 3 is 2.71 bits per heavy atom. The van der Waals surface area contributed by atoms with Crippen molar-refractivity contribution in [2.75, 3.05) is 13.1 Å². The summed E-state index contributed by atoms with van der Waals surface area (Å²) in [5, 5.41) is 0.382. The van der Waals surface area contributed by atoms with E-state index in [4.69, 9.17) is 11.6 Å². The second-order valence-electron chi connectivity index (χ2n) is 4.17. The second kappa shape index (κ2) is 4.78. The average Bonchev–Trinajstić information content (AvgIpc) is 2.54. The minimum atomic E-state index is -2.66. The summed E-state index contributed by atoms with van der Waals surface area (Å²) in [6, 6.07) is 2.73. The highest BCUT2D eigenvalue weighted by atomic mass is 79.9. The monoisotopic (exact) mass is 327 g/mol. The Kier molecular flexibility index (Phi) is 3.71. The van der Waals surface area contributed by atoms with Gasteiger partial charge in [0.15, 0.2) is 0 Å². The molecule has 0 amide bonds. The van der Waals surface area contributed by atoms with Gasteiger partial charge >= 0.3 is 0 Å². The summed E-state index contributed by atoms with van der Waals surface area (Å²) < 4.78 is 40.0. The fourth-order valence-corrected chi connectivity index (χ4v) is 2.37. The van der Waals surface area contributed by atoms with E-state index >= 15 is 0 Å². The molecule has 1 heterocycles. The summed E-state index contributed by atoms with van der Waals surface area (Å²) >= 11 is 8.95. The lowest BCUT2D eigenvalue weighted by molar-refractivity contribution is 0.0114. The number of likely N-dealkylation sites (tertiary alicyclic amines) is 1. The van der Waals surface area contributed by atoms with E-state index in [1.54, 1.807) is 0 Å². The normalized spacial score (nSPS) is 19.8. The molecule has 17 heavy (non-hydrogen) atoms.